The number of nitrogens with zero attached hydrogens (tertiary/aromatic N) is 2. The molecule has 17 heavy (non-hydrogen) atoms. The zero-order valence-electron chi connectivity index (χ0n) is 8.93. The topological polar surface area (TPSA) is 104 Å². The highest BCUT2D eigenvalue weighted by atomic mass is 16.2. The number of H-pyrrole nitrogens is 2. The van der Waals surface area contributed by atoms with Gasteiger partial charge in [-0.3, -0.25) is 9.59 Å². The van der Waals surface area contributed by atoms with E-state index in [1.165, 1.54) is 12.1 Å². The van der Waals surface area contributed by atoms with Gasteiger partial charge in [0.1, 0.15) is 5.69 Å². The zero-order valence-corrected chi connectivity index (χ0v) is 8.93. The van der Waals surface area contributed by atoms with Crippen molar-refractivity contribution in [1.82, 2.24) is 25.5 Å². The smallest absolute Gasteiger partial charge is 0.271 e. The summed E-state index contributed by atoms with van der Waals surface area (Å²) in [7, 11) is 0. The summed E-state index contributed by atoms with van der Waals surface area (Å²) in [6.07, 6.45) is 3.94. The molecule has 0 spiro atoms. The summed E-state index contributed by atoms with van der Waals surface area (Å²) < 4.78 is 0. The lowest BCUT2D eigenvalue weighted by Gasteiger charge is -2.02. The summed E-state index contributed by atoms with van der Waals surface area (Å²) in [5.41, 5.74) is 0.799. The fourth-order valence-electron chi connectivity index (χ4n) is 1.29. The van der Waals surface area contributed by atoms with Crippen molar-refractivity contribution in [2.45, 2.75) is 6.42 Å². The van der Waals surface area contributed by atoms with Crippen molar-refractivity contribution >= 4 is 5.91 Å². The van der Waals surface area contributed by atoms with Crippen molar-refractivity contribution < 1.29 is 4.79 Å². The molecule has 88 valence electrons. The van der Waals surface area contributed by atoms with Gasteiger partial charge in [-0.25, -0.2) is 10.1 Å². The van der Waals surface area contributed by atoms with Crippen molar-refractivity contribution in [3.8, 4) is 0 Å². The Kier molecular flexibility index (Phi) is 3.29. The van der Waals surface area contributed by atoms with E-state index >= 15 is 0 Å². The first-order chi connectivity index (χ1) is 8.25. The molecule has 2 heterocycles. The normalized spacial score (nSPS) is 10.1. The third kappa shape index (κ3) is 3.00. The number of aromatic nitrogens is 4. The predicted octanol–water partition coefficient (Wildman–Crippen LogP) is -0.535. The van der Waals surface area contributed by atoms with Gasteiger partial charge in [-0.1, -0.05) is 0 Å². The Morgan fingerprint density at radius 1 is 1.41 bits per heavy atom. The molecule has 0 saturated carbocycles. The first-order valence-electron chi connectivity index (χ1n) is 5.07. The molecule has 0 atom stereocenters. The van der Waals surface area contributed by atoms with Crippen LogP contribution in [0, 0.1) is 0 Å². The van der Waals surface area contributed by atoms with Crippen LogP contribution in [0.1, 0.15) is 16.2 Å². The van der Waals surface area contributed by atoms with E-state index in [9.17, 15) is 9.59 Å². The van der Waals surface area contributed by atoms with Gasteiger partial charge in [-0.05, 0) is 6.07 Å². The Labute approximate surface area is 96.3 Å². The van der Waals surface area contributed by atoms with Crippen LogP contribution in [0.15, 0.2) is 29.5 Å². The number of hydrogen-bond donors (Lipinski definition) is 3. The summed E-state index contributed by atoms with van der Waals surface area (Å²) >= 11 is 0. The van der Waals surface area contributed by atoms with E-state index in [0.29, 0.717) is 13.0 Å². The Hall–Kier alpha value is -2.44. The predicted molar refractivity (Wildman–Crippen MR) is 59.5 cm³/mol. The molecule has 3 N–H and O–H groups in total. The molecule has 0 radical (unpaired) electrons. The molecule has 2 aromatic heterocycles. The zero-order chi connectivity index (χ0) is 12.1. The van der Waals surface area contributed by atoms with Gasteiger partial charge in [0.25, 0.3) is 11.5 Å². The maximum Gasteiger partial charge on any atom is 0.271 e. The number of carbonyl (C=O) groups excluding carboxylic acids is 1. The molecule has 0 bridgehead atoms. The average Bonchev–Trinajstić information content (AvgIpc) is 2.83. The highest BCUT2D eigenvalue weighted by molar-refractivity contribution is 5.91. The largest absolute Gasteiger partial charge is 0.350 e. The van der Waals surface area contributed by atoms with E-state index < -0.39 is 0 Å². The standard InChI is InChI=1S/C10H11N5O2/c16-9-2-1-8(14-15-9)10(17)12-4-3-7-5-11-6-13-7/h1-2,5-6H,3-4H2,(H,11,13)(H,12,17)(H,15,16). The van der Waals surface area contributed by atoms with Gasteiger partial charge in [0, 0.05) is 30.9 Å². The Morgan fingerprint density at radius 2 is 2.29 bits per heavy atom. The Morgan fingerprint density at radius 3 is 2.94 bits per heavy atom. The molecule has 2 aromatic rings. The van der Waals surface area contributed by atoms with Crippen LogP contribution in [0.25, 0.3) is 0 Å². The van der Waals surface area contributed by atoms with Crippen LogP contribution < -0.4 is 10.9 Å². The van der Waals surface area contributed by atoms with Gasteiger partial charge in [0.05, 0.1) is 6.33 Å². The lowest BCUT2D eigenvalue weighted by atomic mass is 10.3. The molecule has 0 aliphatic heterocycles. The highest BCUT2D eigenvalue weighted by Gasteiger charge is 2.06. The van der Waals surface area contributed by atoms with Gasteiger partial charge in [-0.2, -0.15) is 5.10 Å². The van der Waals surface area contributed by atoms with Crippen LogP contribution in [-0.4, -0.2) is 32.6 Å². The lowest BCUT2D eigenvalue weighted by molar-refractivity contribution is 0.0948. The number of rotatable bonds is 4. The molecular formula is C10H11N5O2. The lowest BCUT2D eigenvalue weighted by Crippen LogP contribution is -2.27. The summed E-state index contributed by atoms with van der Waals surface area (Å²) in [5, 5.41) is 8.51. The average molecular weight is 233 g/mol. The molecular weight excluding hydrogens is 222 g/mol. The van der Waals surface area contributed by atoms with Gasteiger partial charge < -0.3 is 10.3 Å². The van der Waals surface area contributed by atoms with Crippen LogP contribution in [0.2, 0.25) is 0 Å². The van der Waals surface area contributed by atoms with Crippen LogP contribution in [0.4, 0.5) is 0 Å². The van der Waals surface area contributed by atoms with Crippen molar-refractivity contribution in [1.29, 1.82) is 0 Å². The minimum Gasteiger partial charge on any atom is -0.350 e. The highest BCUT2D eigenvalue weighted by Crippen LogP contribution is 1.92. The van der Waals surface area contributed by atoms with E-state index in [2.05, 4.69) is 25.5 Å². The van der Waals surface area contributed by atoms with Crippen molar-refractivity contribution in [3.05, 3.63) is 46.4 Å². The van der Waals surface area contributed by atoms with E-state index in [0.717, 1.165) is 5.69 Å². The molecule has 0 unspecified atom stereocenters. The summed E-state index contributed by atoms with van der Waals surface area (Å²) in [4.78, 5) is 29.1. The minimum atomic E-state index is -0.334. The SMILES string of the molecule is O=C(NCCc1cnc[nH]1)c1ccc(=O)[nH]n1. The van der Waals surface area contributed by atoms with Gasteiger partial charge in [-0.15, -0.1) is 0 Å². The fourth-order valence-corrected chi connectivity index (χ4v) is 1.29. The quantitative estimate of drug-likeness (QED) is 0.660. The van der Waals surface area contributed by atoms with E-state index in [-0.39, 0.29) is 17.2 Å². The third-order valence-electron chi connectivity index (χ3n) is 2.15. The molecule has 7 nitrogen and oxygen atoms in total. The van der Waals surface area contributed by atoms with Crippen molar-refractivity contribution in [2.24, 2.45) is 0 Å². The second kappa shape index (κ2) is 5.06. The number of amides is 1. The maximum atomic E-state index is 11.6. The number of carbonyl (C=O) groups is 1. The molecule has 7 heteroatoms. The third-order valence-corrected chi connectivity index (χ3v) is 2.15. The van der Waals surface area contributed by atoms with Crippen LogP contribution >= 0.6 is 0 Å². The van der Waals surface area contributed by atoms with Gasteiger partial charge >= 0.3 is 0 Å². The van der Waals surface area contributed by atoms with Gasteiger partial charge in [0.15, 0.2) is 0 Å². The number of aromatic amines is 2. The van der Waals surface area contributed by atoms with Crippen LogP contribution in [0.5, 0.6) is 0 Å². The van der Waals surface area contributed by atoms with E-state index in [1.54, 1.807) is 12.5 Å². The van der Waals surface area contributed by atoms with E-state index in [1.807, 2.05) is 0 Å². The summed E-state index contributed by atoms with van der Waals surface area (Å²) in [6.45, 7) is 0.474. The van der Waals surface area contributed by atoms with Crippen LogP contribution in [-0.2, 0) is 6.42 Å². The molecule has 2 rings (SSSR count). The second-order valence-corrected chi connectivity index (χ2v) is 3.39. The Bertz CT molecular complexity index is 526. The van der Waals surface area contributed by atoms with Crippen molar-refractivity contribution in [2.75, 3.05) is 6.54 Å². The monoisotopic (exact) mass is 233 g/mol. The second-order valence-electron chi connectivity index (χ2n) is 3.39. The van der Waals surface area contributed by atoms with Crippen molar-refractivity contribution in [3.63, 3.8) is 0 Å². The first kappa shape index (κ1) is 11.1. The molecule has 0 saturated heterocycles. The van der Waals surface area contributed by atoms with Crippen LogP contribution in [0.3, 0.4) is 0 Å². The fraction of sp³-hybridized carbons (Fsp3) is 0.200. The Balaban J connectivity index is 1.85. The maximum absolute atomic E-state index is 11.6. The molecule has 0 aromatic carbocycles. The van der Waals surface area contributed by atoms with E-state index in [4.69, 9.17) is 0 Å². The first-order valence-corrected chi connectivity index (χ1v) is 5.07. The molecule has 0 aliphatic rings. The number of nitrogens with one attached hydrogen (secondary N) is 3. The number of imidazole rings is 1. The minimum absolute atomic E-state index is 0.189. The number of hydrogen-bond acceptors (Lipinski definition) is 4. The summed E-state index contributed by atoms with van der Waals surface area (Å²) in [6, 6.07) is 2.64. The molecule has 0 aliphatic carbocycles. The molecule has 1 amide bonds. The molecule has 0 fully saturated rings. The van der Waals surface area contributed by atoms with Gasteiger partial charge in [0.2, 0.25) is 0 Å². The summed E-state index contributed by atoms with van der Waals surface area (Å²) in [5.74, 6) is -0.319.